The minimum absolute atomic E-state index is 0.197. The summed E-state index contributed by atoms with van der Waals surface area (Å²) in [5.41, 5.74) is 2.31. The number of ether oxygens (including phenoxy) is 1. The average molecular weight is 249 g/mol. The van der Waals surface area contributed by atoms with Gasteiger partial charge in [0.05, 0.1) is 7.11 Å². The van der Waals surface area contributed by atoms with Gasteiger partial charge in [0.15, 0.2) is 5.17 Å². The number of aromatic amines is 1. The molecule has 17 heavy (non-hydrogen) atoms. The summed E-state index contributed by atoms with van der Waals surface area (Å²) < 4.78 is 5.21. The molecule has 0 bridgehead atoms. The monoisotopic (exact) mass is 249 g/mol. The quantitative estimate of drug-likeness (QED) is 0.381. The highest BCUT2D eigenvalue weighted by molar-refractivity contribution is 7.96. The molecule has 0 amide bonds. The fourth-order valence-corrected chi connectivity index (χ4v) is 1.92. The number of methoxy groups -OCH3 is 1. The van der Waals surface area contributed by atoms with Crippen molar-refractivity contribution in [3.8, 4) is 5.75 Å². The lowest BCUT2D eigenvalue weighted by molar-refractivity contribution is 0.415. The normalized spacial score (nSPS) is 10.5. The molecule has 0 atom stereocenters. The third-order valence-electron chi connectivity index (χ3n) is 2.66. The molecule has 2 rings (SSSR count). The number of amidine groups is 1. The van der Waals surface area contributed by atoms with Crippen molar-refractivity contribution in [1.82, 2.24) is 10.3 Å². The van der Waals surface area contributed by atoms with Gasteiger partial charge in [0.25, 0.3) is 0 Å². The minimum atomic E-state index is 0.197. The summed E-state index contributed by atoms with van der Waals surface area (Å²) in [5, 5.41) is 11.4. The van der Waals surface area contributed by atoms with Gasteiger partial charge in [-0.15, -0.1) is 12.6 Å². The first-order valence-corrected chi connectivity index (χ1v) is 5.81. The predicted molar refractivity (Wildman–Crippen MR) is 73.3 cm³/mol. The Morgan fingerprint density at radius 3 is 3.06 bits per heavy atom. The Morgan fingerprint density at radius 1 is 1.53 bits per heavy atom. The van der Waals surface area contributed by atoms with Crippen LogP contribution in [0, 0.1) is 5.41 Å². The van der Waals surface area contributed by atoms with E-state index in [0.717, 1.165) is 23.1 Å². The molecule has 4 nitrogen and oxygen atoms in total. The topological polar surface area (TPSA) is 60.9 Å². The van der Waals surface area contributed by atoms with Crippen LogP contribution >= 0.6 is 12.6 Å². The van der Waals surface area contributed by atoms with Gasteiger partial charge in [0.2, 0.25) is 0 Å². The predicted octanol–water partition coefficient (Wildman–Crippen LogP) is 2.17. The van der Waals surface area contributed by atoms with E-state index in [2.05, 4.69) is 22.9 Å². The molecule has 1 aromatic carbocycles. The SMILES string of the molecule is COc1ccc2[nH]cc(CCNC(=N)S)c2c1. The molecule has 1 heterocycles. The zero-order valence-electron chi connectivity index (χ0n) is 9.58. The first-order chi connectivity index (χ1) is 8.20. The molecule has 0 aliphatic carbocycles. The van der Waals surface area contributed by atoms with Crippen molar-refractivity contribution in [2.45, 2.75) is 6.42 Å². The van der Waals surface area contributed by atoms with Crippen molar-refractivity contribution in [2.75, 3.05) is 13.7 Å². The van der Waals surface area contributed by atoms with Crippen LogP contribution in [0.4, 0.5) is 0 Å². The molecular formula is C12H15N3OS. The van der Waals surface area contributed by atoms with E-state index in [0.29, 0.717) is 6.54 Å². The standard InChI is InChI=1S/C12H15N3OS/c1-16-9-2-3-11-10(6-9)8(7-15-11)4-5-14-12(13)17/h2-3,6-7,15H,4-5H2,1H3,(H3,13,14,17). The Labute approximate surface area is 105 Å². The van der Waals surface area contributed by atoms with Crippen molar-refractivity contribution in [2.24, 2.45) is 0 Å². The molecule has 0 radical (unpaired) electrons. The molecule has 5 heteroatoms. The second-order valence-corrected chi connectivity index (χ2v) is 4.20. The number of thiol groups is 1. The Morgan fingerprint density at radius 2 is 2.35 bits per heavy atom. The summed E-state index contributed by atoms with van der Waals surface area (Å²) in [6.45, 7) is 0.701. The summed E-state index contributed by atoms with van der Waals surface area (Å²) in [7, 11) is 1.66. The van der Waals surface area contributed by atoms with E-state index < -0.39 is 0 Å². The van der Waals surface area contributed by atoms with Crippen LogP contribution < -0.4 is 10.1 Å². The van der Waals surface area contributed by atoms with Gasteiger partial charge in [-0.3, -0.25) is 5.41 Å². The summed E-state index contributed by atoms with van der Waals surface area (Å²) in [5.74, 6) is 0.855. The lowest BCUT2D eigenvalue weighted by atomic mass is 10.1. The number of fused-ring (bicyclic) bond motifs is 1. The van der Waals surface area contributed by atoms with Crippen molar-refractivity contribution in [1.29, 1.82) is 5.41 Å². The van der Waals surface area contributed by atoms with Gasteiger partial charge < -0.3 is 15.0 Å². The molecule has 2 aromatic rings. The highest BCUT2D eigenvalue weighted by atomic mass is 32.1. The van der Waals surface area contributed by atoms with E-state index in [-0.39, 0.29) is 5.17 Å². The van der Waals surface area contributed by atoms with Gasteiger partial charge in [0.1, 0.15) is 5.75 Å². The summed E-state index contributed by atoms with van der Waals surface area (Å²) >= 11 is 3.88. The molecule has 0 saturated carbocycles. The maximum absolute atomic E-state index is 7.18. The van der Waals surface area contributed by atoms with Crippen molar-refractivity contribution in [3.05, 3.63) is 30.0 Å². The van der Waals surface area contributed by atoms with Gasteiger partial charge in [-0.1, -0.05) is 0 Å². The van der Waals surface area contributed by atoms with Crippen molar-refractivity contribution < 1.29 is 4.74 Å². The molecule has 0 spiro atoms. The van der Waals surface area contributed by atoms with E-state index in [4.69, 9.17) is 10.1 Å². The van der Waals surface area contributed by atoms with Crippen LogP contribution in [-0.4, -0.2) is 23.8 Å². The smallest absolute Gasteiger partial charge is 0.150 e. The van der Waals surface area contributed by atoms with Crippen LogP contribution in [0.2, 0.25) is 0 Å². The number of hydrogen-bond donors (Lipinski definition) is 4. The fourth-order valence-electron chi connectivity index (χ4n) is 1.81. The maximum atomic E-state index is 7.18. The Kier molecular flexibility index (Phi) is 3.58. The lowest BCUT2D eigenvalue weighted by Crippen LogP contribution is -2.19. The lowest BCUT2D eigenvalue weighted by Gasteiger charge is -2.03. The Hall–Kier alpha value is -1.62. The number of hydrogen-bond acceptors (Lipinski definition) is 2. The molecule has 0 aliphatic heterocycles. The van der Waals surface area contributed by atoms with E-state index in [1.165, 1.54) is 5.56 Å². The van der Waals surface area contributed by atoms with E-state index >= 15 is 0 Å². The summed E-state index contributed by atoms with van der Waals surface area (Å²) in [4.78, 5) is 3.22. The van der Waals surface area contributed by atoms with Crippen LogP contribution in [0.3, 0.4) is 0 Å². The highest BCUT2D eigenvalue weighted by Crippen LogP contribution is 2.23. The number of H-pyrrole nitrogens is 1. The molecule has 0 unspecified atom stereocenters. The first kappa shape index (κ1) is 11.9. The van der Waals surface area contributed by atoms with Crippen LogP contribution in [0.5, 0.6) is 5.75 Å². The molecular weight excluding hydrogens is 234 g/mol. The Bertz CT molecular complexity index is 536. The summed E-state index contributed by atoms with van der Waals surface area (Å²) in [6.07, 6.45) is 2.84. The van der Waals surface area contributed by atoms with Crippen LogP contribution in [0.25, 0.3) is 10.9 Å². The molecule has 0 aliphatic rings. The fraction of sp³-hybridized carbons (Fsp3) is 0.250. The van der Waals surface area contributed by atoms with Gasteiger partial charge in [0, 0.05) is 23.6 Å². The number of nitrogens with one attached hydrogen (secondary N) is 3. The van der Waals surface area contributed by atoms with E-state index in [1.807, 2.05) is 24.4 Å². The van der Waals surface area contributed by atoms with Gasteiger partial charge in [-0.05, 0) is 30.2 Å². The van der Waals surface area contributed by atoms with Gasteiger partial charge in [-0.25, -0.2) is 0 Å². The average Bonchev–Trinajstić information content (AvgIpc) is 2.71. The molecule has 1 aromatic heterocycles. The zero-order chi connectivity index (χ0) is 12.3. The maximum Gasteiger partial charge on any atom is 0.150 e. The first-order valence-electron chi connectivity index (χ1n) is 5.36. The van der Waals surface area contributed by atoms with Crippen LogP contribution in [0.15, 0.2) is 24.4 Å². The van der Waals surface area contributed by atoms with Crippen molar-refractivity contribution in [3.63, 3.8) is 0 Å². The third kappa shape index (κ3) is 2.74. The molecule has 90 valence electrons. The second-order valence-electron chi connectivity index (χ2n) is 3.75. The van der Waals surface area contributed by atoms with Crippen molar-refractivity contribution >= 4 is 28.7 Å². The third-order valence-corrected chi connectivity index (χ3v) is 2.82. The van der Waals surface area contributed by atoms with E-state index in [9.17, 15) is 0 Å². The van der Waals surface area contributed by atoms with Gasteiger partial charge >= 0.3 is 0 Å². The minimum Gasteiger partial charge on any atom is -0.497 e. The van der Waals surface area contributed by atoms with Crippen LogP contribution in [0.1, 0.15) is 5.56 Å². The molecule has 3 N–H and O–H groups in total. The highest BCUT2D eigenvalue weighted by Gasteiger charge is 2.04. The molecule has 0 saturated heterocycles. The number of benzene rings is 1. The Balaban J connectivity index is 2.19. The van der Waals surface area contributed by atoms with Gasteiger partial charge in [-0.2, -0.15) is 0 Å². The number of aromatic nitrogens is 1. The molecule has 0 fully saturated rings. The van der Waals surface area contributed by atoms with E-state index in [1.54, 1.807) is 7.11 Å². The van der Waals surface area contributed by atoms with Crippen LogP contribution in [-0.2, 0) is 6.42 Å². The second kappa shape index (κ2) is 5.14. The summed E-state index contributed by atoms with van der Waals surface area (Å²) in [6, 6.07) is 5.96. The number of rotatable bonds is 4. The largest absolute Gasteiger partial charge is 0.497 e. The zero-order valence-corrected chi connectivity index (χ0v) is 10.5.